The maximum atomic E-state index is 12.8. The van der Waals surface area contributed by atoms with E-state index in [0.717, 1.165) is 5.69 Å². The number of hydrogen-bond acceptors (Lipinski definition) is 3. The Hall–Kier alpha value is -2.90. The Balaban J connectivity index is 1.51. The second kappa shape index (κ2) is 6.69. The number of likely N-dealkylation sites (tertiary alicyclic amines) is 1. The molecule has 0 aliphatic carbocycles. The van der Waals surface area contributed by atoms with Gasteiger partial charge < -0.3 is 15.5 Å². The molecule has 126 valence electrons. The van der Waals surface area contributed by atoms with Crippen molar-refractivity contribution in [1.29, 1.82) is 0 Å². The van der Waals surface area contributed by atoms with Crippen LogP contribution in [0.2, 0.25) is 0 Å². The Kier molecular flexibility index (Phi) is 4.45. The van der Waals surface area contributed by atoms with E-state index in [-0.39, 0.29) is 23.8 Å². The standard InChI is InChI=1S/C16H18FN5O2/c1-10-8-14(21-20-10)15(23)22-7-6-13(9-22)19-16(24)18-12-4-2-11(17)3-5-12/h2-5,8,13H,6-7,9H2,1H3,(H,20,21)(H2,18,19,24). The van der Waals surface area contributed by atoms with Crippen molar-refractivity contribution in [3.63, 3.8) is 0 Å². The van der Waals surface area contributed by atoms with Gasteiger partial charge in [-0.15, -0.1) is 0 Å². The molecule has 24 heavy (non-hydrogen) atoms. The lowest BCUT2D eigenvalue weighted by Gasteiger charge is -2.16. The van der Waals surface area contributed by atoms with Gasteiger partial charge in [-0.25, -0.2) is 9.18 Å². The van der Waals surface area contributed by atoms with Crippen molar-refractivity contribution in [2.45, 2.75) is 19.4 Å². The molecule has 1 fully saturated rings. The molecule has 0 radical (unpaired) electrons. The third-order valence-corrected chi connectivity index (χ3v) is 3.84. The van der Waals surface area contributed by atoms with E-state index in [2.05, 4.69) is 20.8 Å². The summed E-state index contributed by atoms with van der Waals surface area (Å²) < 4.78 is 12.8. The molecule has 1 aliphatic heterocycles. The number of benzene rings is 1. The SMILES string of the molecule is Cc1cc(C(=O)N2CCC(NC(=O)Nc3ccc(F)cc3)C2)n[nH]1. The van der Waals surface area contributed by atoms with Crippen LogP contribution in [0.5, 0.6) is 0 Å². The number of amides is 3. The van der Waals surface area contributed by atoms with Gasteiger partial charge in [0.2, 0.25) is 0 Å². The summed E-state index contributed by atoms with van der Waals surface area (Å²) in [7, 11) is 0. The van der Waals surface area contributed by atoms with Gasteiger partial charge in [-0.05, 0) is 43.7 Å². The van der Waals surface area contributed by atoms with Gasteiger partial charge in [-0.3, -0.25) is 9.89 Å². The van der Waals surface area contributed by atoms with Gasteiger partial charge in [0.1, 0.15) is 11.5 Å². The van der Waals surface area contributed by atoms with Gasteiger partial charge in [0.15, 0.2) is 0 Å². The minimum Gasteiger partial charge on any atom is -0.335 e. The van der Waals surface area contributed by atoms with Gasteiger partial charge in [-0.1, -0.05) is 0 Å². The average Bonchev–Trinajstić information content (AvgIpc) is 3.18. The molecule has 3 N–H and O–H groups in total. The van der Waals surface area contributed by atoms with Crippen molar-refractivity contribution < 1.29 is 14.0 Å². The topological polar surface area (TPSA) is 90.1 Å². The second-order valence-corrected chi connectivity index (χ2v) is 5.78. The number of carbonyl (C=O) groups is 2. The second-order valence-electron chi connectivity index (χ2n) is 5.78. The Morgan fingerprint density at radius 3 is 2.75 bits per heavy atom. The third-order valence-electron chi connectivity index (χ3n) is 3.84. The molecule has 7 nitrogen and oxygen atoms in total. The molecule has 1 unspecified atom stereocenters. The summed E-state index contributed by atoms with van der Waals surface area (Å²) in [6, 6.07) is 6.71. The lowest BCUT2D eigenvalue weighted by atomic mass is 10.2. The van der Waals surface area contributed by atoms with Crippen LogP contribution in [0.4, 0.5) is 14.9 Å². The monoisotopic (exact) mass is 331 g/mol. The number of rotatable bonds is 3. The number of H-pyrrole nitrogens is 1. The normalized spacial score (nSPS) is 16.9. The molecule has 0 bridgehead atoms. The molecule has 2 heterocycles. The van der Waals surface area contributed by atoms with Gasteiger partial charge in [0.25, 0.3) is 5.91 Å². The van der Waals surface area contributed by atoms with Crippen molar-refractivity contribution in [3.05, 3.63) is 47.5 Å². The molecule has 0 saturated carbocycles. The van der Waals surface area contributed by atoms with Crippen LogP contribution in [0.25, 0.3) is 0 Å². The molecular weight excluding hydrogens is 313 g/mol. The summed E-state index contributed by atoms with van der Waals surface area (Å²) in [6.07, 6.45) is 0.673. The number of nitrogens with one attached hydrogen (secondary N) is 3. The van der Waals surface area contributed by atoms with Crippen molar-refractivity contribution in [2.24, 2.45) is 0 Å². The highest BCUT2D eigenvalue weighted by Gasteiger charge is 2.29. The van der Waals surface area contributed by atoms with Gasteiger partial charge in [-0.2, -0.15) is 5.10 Å². The first kappa shape index (κ1) is 16.0. The summed E-state index contributed by atoms with van der Waals surface area (Å²) in [5, 5.41) is 12.2. The zero-order valence-electron chi connectivity index (χ0n) is 13.2. The molecule has 1 aromatic carbocycles. The molecule has 1 atom stereocenters. The summed E-state index contributed by atoms with van der Waals surface area (Å²) in [6.45, 7) is 2.83. The number of hydrogen-bond donors (Lipinski definition) is 3. The molecule has 8 heteroatoms. The van der Waals surface area contributed by atoms with Crippen molar-refractivity contribution >= 4 is 17.6 Å². The zero-order chi connectivity index (χ0) is 17.1. The first-order chi connectivity index (χ1) is 11.5. The highest BCUT2D eigenvalue weighted by Crippen LogP contribution is 2.14. The van der Waals surface area contributed by atoms with E-state index < -0.39 is 0 Å². The number of aromatic amines is 1. The van der Waals surface area contributed by atoms with Crippen LogP contribution in [-0.2, 0) is 0 Å². The summed E-state index contributed by atoms with van der Waals surface area (Å²) in [4.78, 5) is 25.9. The highest BCUT2D eigenvalue weighted by molar-refractivity contribution is 5.93. The summed E-state index contributed by atoms with van der Waals surface area (Å²) >= 11 is 0. The minimum absolute atomic E-state index is 0.130. The summed E-state index contributed by atoms with van der Waals surface area (Å²) in [5.41, 5.74) is 1.71. The Morgan fingerprint density at radius 2 is 2.08 bits per heavy atom. The Labute approximate surface area is 138 Å². The smallest absolute Gasteiger partial charge is 0.319 e. The van der Waals surface area contributed by atoms with E-state index in [1.165, 1.54) is 24.3 Å². The number of aromatic nitrogens is 2. The number of halogens is 1. The number of aryl methyl sites for hydroxylation is 1. The fourth-order valence-electron chi connectivity index (χ4n) is 2.64. The largest absolute Gasteiger partial charge is 0.335 e. The highest BCUT2D eigenvalue weighted by atomic mass is 19.1. The van der Waals surface area contributed by atoms with Crippen molar-refractivity contribution in [1.82, 2.24) is 20.4 Å². The zero-order valence-corrected chi connectivity index (χ0v) is 13.2. The molecule has 1 aliphatic rings. The lowest BCUT2D eigenvalue weighted by molar-refractivity contribution is 0.0783. The van der Waals surface area contributed by atoms with Crippen LogP contribution >= 0.6 is 0 Å². The predicted octanol–water partition coefficient (Wildman–Crippen LogP) is 1.89. The van der Waals surface area contributed by atoms with Crippen LogP contribution < -0.4 is 10.6 Å². The lowest BCUT2D eigenvalue weighted by Crippen LogP contribution is -2.40. The third kappa shape index (κ3) is 3.70. The quantitative estimate of drug-likeness (QED) is 0.802. The number of urea groups is 1. The molecule has 0 spiro atoms. The maximum absolute atomic E-state index is 12.8. The van der Waals surface area contributed by atoms with E-state index >= 15 is 0 Å². The van der Waals surface area contributed by atoms with E-state index in [9.17, 15) is 14.0 Å². The van der Waals surface area contributed by atoms with E-state index in [1.54, 1.807) is 11.0 Å². The van der Waals surface area contributed by atoms with Crippen LogP contribution in [0, 0.1) is 12.7 Å². The van der Waals surface area contributed by atoms with Gasteiger partial charge in [0, 0.05) is 30.5 Å². The predicted molar refractivity (Wildman–Crippen MR) is 86.2 cm³/mol. The van der Waals surface area contributed by atoms with Crippen LogP contribution in [-0.4, -0.2) is 46.2 Å². The van der Waals surface area contributed by atoms with Gasteiger partial charge >= 0.3 is 6.03 Å². The molecule has 3 amide bonds. The molecule has 3 rings (SSSR count). The minimum atomic E-state index is -0.378. The van der Waals surface area contributed by atoms with Gasteiger partial charge in [0.05, 0.1) is 0 Å². The van der Waals surface area contributed by atoms with Crippen LogP contribution in [0.1, 0.15) is 22.6 Å². The fourth-order valence-corrected chi connectivity index (χ4v) is 2.64. The van der Waals surface area contributed by atoms with Crippen molar-refractivity contribution in [2.75, 3.05) is 18.4 Å². The van der Waals surface area contributed by atoms with Crippen molar-refractivity contribution in [3.8, 4) is 0 Å². The molecule has 1 saturated heterocycles. The number of carbonyl (C=O) groups excluding carboxylic acids is 2. The Morgan fingerprint density at radius 1 is 1.33 bits per heavy atom. The maximum Gasteiger partial charge on any atom is 0.319 e. The molecule has 1 aromatic heterocycles. The summed E-state index contributed by atoms with van der Waals surface area (Å²) in [5.74, 6) is -0.512. The first-order valence-electron chi connectivity index (χ1n) is 7.65. The average molecular weight is 331 g/mol. The number of anilines is 1. The number of nitrogens with zero attached hydrogens (tertiary/aromatic N) is 2. The molecule has 2 aromatic rings. The Bertz CT molecular complexity index is 743. The first-order valence-corrected chi connectivity index (χ1v) is 7.65. The molecular formula is C16H18FN5O2. The van der Waals surface area contributed by atoms with E-state index in [1.807, 2.05) is 6.92 Å². The van der Waals surface area contributed by atoms with E-state index in [0.29, 0.717) is 30.9 Å². The van der Waals surface area contributed by atoms with E-state index in [4.69, 9.17) is 0 Å². The van der Waals surface area contributed by atoms with Crippen LogP contribution in [0.15, 0.2) is 30.3 Å². The van der Waals surface area contributed by atoms with Crippen LogP contribution in [0.3, 0.4) is 0 Å². The fraction of sp³-hybridized carbons (Fsp3) is 0.312.